The lowest BCUT2D eigenvalue weighted by Crippen LogP contribution is -2.48. The van der Waals surface area contributed by atoms with Crippen LogP contribution in [0, 0.1) is 0 Å². The van der Waals surface area contributed by atoms with Gasteiger partial charge in [-0.05, 0) is 62.6 Å². The Morgan fingerprint density at radius 1 is 1.10 bits per heavy atom. The number of nitrogens with one attached hydrogen (secondary N) is 1. The van der Waals surface area contributed by atoms with E-state index in [2.05, 4.69) is 10.4 Å². The molecular weight excluding hydrogens is 370 g/mol. The molecule has 0 saturated heterocycles. The first-order valence-electron chi connectivity index (χ1n) is 10.5. The highest BCUT2D eigenvalue weighted by molar-refractivity contribution is 5.82. The number of fused-ring (bicyclic) bond motifs is 2. The van der Waals surface area contributed by atoms with Crippen LogP contribution in [-0.4, -0.2) is 34.4 Å². The van der Waals surface area contributed by atoms with E-state index in [0.29, 0.717) is 11.5 Å². The molecule has 0 radical (unpaired) electrons. The van der Waals surface area contributed by atoms with Gasteiger partial charge in [0.15, 0.2) is 11.5 Å². The summed E-state index contributed by atoms with van der Waals surface area (Å²) < 4.78 is 13.1. The number of ether oxygens (including phenoxy) is 2. The maximum atomic E-state index is 12.6. The molecule has 1 amide bonds. The van der Waals surface area contributed by atoms with E-state index in [1.165, 1.54) is 0 Å². The predicted octanol–water partition coefficient (Wildman–Crippen LogP) is 2.17. The van der Waals surface area contributed by atoms with E-state index in [1.807, 2.05) is 18.2 Å². The number of amides is 1. The summed E-state index contributed by atoms with van der Waals surface area (Å²) >= 11 is 0. The molecule has 2 aliphatic carbocycles. The van der Waals surface area contributed by atoms with Gasteiger partial charge in [0, 0.05) is 12.1 Å². The zero-order valence-electron chi connectivity index (χ0n) is 16.3. The van der Waals surface area contributed by atoms with Crippen LogP contribution in [0.25, 0.3) is 0 Å². The molecule has 2 aromatic rings. The van der Waals surface area contributed by atoms with Crippen LogP contribution < -0.4 is 20.3 Å². The summed E-state index contributed by atoms with van der Waals surface area (Å²) in [7, 11) is 0. The first-order chi connectivity index (χ1) is 14.2. The van der Waals surface area contributed by atoms with Crippen molar-refractivity contribution in [3.8, 4) is 11.5 Å². The summed E-state index contributed by atoms with van der Waals surface area (Å²) in [5.41, 5.74) is 2.20. The molecule has 1 unspecified atom stereocenters. The molecule has 0 bridgehead atoms. The fourth-order valence-corrected chi connectivity index (χ4v) is 4.58. The van der Waals surface area contributed by atoms with Crippen LogP contribution >= 0.6 is 0 Å². The number of aryl methyl sites for hydroxylation is 2. The molecule has 1 N–H and O–H groups in total. The van der Waals surface area contributed by atoms with Gasteiger partial charge in [-0.25, -0.2) is 4.68 Å². The van der Waals surface area contributed by atoms with E-state index in [4.69, 9.17) is 9.47 Å². The molecule has 1 aromatic heterocycles. The van der Waals surface area contributed by atoms with E-state index in [9.17, 15) is 9.59 Å². The first kappa shape index (κ1) is 18.2. The summed E-state index contributed by atoms with van der Waals surface area (Å²) in [5, 5.41) is 7.73. The lowest BCUT2D eigenvalue weighted by atomic mass is 9.91. The van der Waals surface area contributed by atoms with Crippen molar-refractivity contribution in [3.05, 3.63) is 51.9 Å². The zero-order valence-corrected chi connectivity index (χ0v) is 16.3. The molecule has 2 heterocycles. The standard InChI is InChI=1S/C22H25N3O4/c26-21-12-14-4-3-5-17(14)24-25(21)16-10-8-15(9-11-16)23-22(27)20-13-28-18-6-1-2-7-19(18)29-20/h1-2,6-7,12,15-16,20H,3-5,8-11,13H2,(H,23,27). The van der Waals surface area contributed by atoms with Crippen LogP contribution in [0.3, 0.4) is 0 Å². The van der Waals surface area contributed by atoms with Gasteiger partial charge in [-0.2, -0.15) is 5.10 Å². The predicted molar refractivity (Wildman–Crippen MR) is 106 cm³/mol. The van der Waals surface area contributed by atoms with Crippen molar-refractivity contribution < 1.29 is 14.3 Å². The number of rotatable bonds is 3. The molecular formula is C22H25N3O4. The first-order valence-corrected chi connectivity index (χ1v) is 10.5. The number of nitrogens with zero attached hydrogens (tertiary/aromatic N) is 2. The van der Waals surface area contributed by atoms with Crippen LogP contribution in [0.2, 0.25) is 0 Å². The Bertz CT molecular complexity index is 978. The maximum Gasteiger partial charge on any atom is 0.267 e. The summed E-state index contributed by atoms with van der Waals surface area (Å²) in [6.07, 6.45) is 5.70. The fraction of sp³-hybridized carbons (Fsp3) is 0.500. The van der Waals surface area contributed by atoms with E-state index in [1.54, 1.807) is 16.8 Å². The molecule has 1 saturated carbocycles. The van der Waals surface area contributed by atoms with Crippen LogP contribution in [0.15, 0.2) is 35.1 Å². The Morgan fingerprint density at radius 3 is 2.72 bits per heavy atom. The minimum atomic E-state index is -0.636. The minimum Gasteiger partial charge on any atom is -0.485 e. The van der Waals surface area contributed by atoms with Crippen LogP contribution in [0.4, 0.5) is 0 Å². The Labute approximate surface area is 169 Å². The third kappa shape index (κ3) is 3.61. The van der Waals surface area contributed by atoms with Crippen molar-refractivity contribution in [1.82, 2.24) is 15.1 Å². The third-order valence-electron chi connectivity index (χ3n) is 6.17. The topological polar surface area (TPSA) is 82.5 Å². The Morgan fingerprint density at radius 2 is 1.90 bits per heavy atom. The van der Waals surface area contributed by atoms with Gasteiger partial charge >= 0.3 is 0 Å². The number of para-hydroxylation sites is 2. The number of benzene rings is 1. The smallest absolute Gasteiger partial charge is 0.267 e. The van der Waals surface area contributed by atoms with Gasteiger partial charge in [-0.1, -0.05) is 12.1 Å². The Balaban J connectivity index is 1.18. The van der Waals surface area contributed by atoms with Gasteiger partial charge in [0.1, 0.15) is 6.61 Å². The molecule has 1 aliphatic heterocycles. The summed E-state index contributed by atoms with van der Waals surface area (Å²) in [6, 6.07) is 9.34. The number of carbonyl (C=O) groups is 1. The van der Waals surface area contributed by atoms with Gasteiger partial charge < -0.3 is 14.8 Å². The van der Waals surface area contributed by atoms with Crippen molar-refractivity contribution in [2.24, 2.45) is 0 Å². The lowest BCUT2D eigenvalue weighted by Gasteiger charge is -2.31. The second-order valence-corrected chi connectivity index (χ2v) is 8.13. The second kappa shape index (κ2) is 7.54. The third-order valence-corrected chi connectivity index (χ3v) is 6.17. The number of hydrogen-bond donors (Lipinski definition) is 1. The molecule has 7 heteroatoms. The van der Waals surface area contributed by atoms with Gasteiger partial charge in [0.2, 0.25) is 6.10 Å². The molecule has 29 heavy (non-hydrogen) atoms. The van der Waals surface area contributed by atoms with Gasteiger partial charge in [-0.3, -0.25) is 9.59 Å². The average Bonchev–Trinajstić information content (AvgIpc) is 3.20. The highest BCUT2D eigenvalue weighted by atomic mass is 16.6. The van der Waals surface area contributed by atoms with Crippen molar-refractivity contribution in [1.29, 1.82) is 0 Å². The van der Waals surface area contributed by atoms with Crippen LogP contribution in [0.5, 0.6) is 11.5 Å². The summed E-state index contributed by atoms with van der Waals surface area (Å²) in [4.78, 5) is 25.1. The molecule has 1 aromatic carbocycles. The Hall–Kier alpha value is -2.83. The van der Waals surface area contributed by atoms with Crippen molar-refractivity contribution >= 4 is 5.91 Å². The summed E-state index contributed by atoms with van der Waals surface area (Å²) in [6.45, 7) is 0.215. The highest BCUT2D eigenvalue weighted by Gasteiger charge is 2.31. The quantitative estimate of drug-likeness (QED) is 0.861. The van der Waals surface area contributed by atoms with E-state index >= 15 is 0 Å². The van der Waals surface area contributed by atoms with Gasteiger partial charge in [0.05, 0.1) is 11.7 Å². The monoisotopic (exact) mass is 395 g/mol. The Kier molecular flexibility index (Phi) is 4.73. The molecule has 1 fully saturated rings. The molecule has 1 atom stereocenters. The molecule has 152 valence electrons. The maximum absolute atomic E-state index is 12.6. The van der Waals surface area contributed by atoms with Crippen LogP contribution in [0.1, 0.15) is 49.4 Å². The minimum absolute atomic E-state index is 0.00422. The van der Waals surface area contributed by atoms with Gasteiger partial charge in [0.25, 0.3) is 11.5 Å². The van der Waals surface area contributed by atoms with Gasteiger partial charge in [-0.15, -0.1) is 0 Å². The van der Waals surface area contributed by atoms with Crippen molar-refractivity contribution in [3.63, 3.8) is 0 Å². The molecule has 5 rings (SSSR count). The SMILES string of the molecule is O=C(NC1CCC(n2nc3c(cc2=O)CCC3)CC1)C1COc2ccccc2O1. The number of carbonyl (C=O) groups excluding carboxylic acids is 1. The largest absolute Gasteiger partial charge is 0.485 e. The highest BCUT2D eigenvalue weighted by Crippen LogP contribution is 2.32. The van der Waals surface area contributed by atoms with E-state index in [0.717, 1.165) is 56.2 Å². The number of aromatic nitrogens is 2. The lowest BCUT2D eigenvalue weighted by molar-refractivity contribution is -0.131. The second-order valence-electron chi connectivity index (χ2n) is 8.13. The van der Waals surface area contributed by atoms with E-state index in [-0.39, 0.29) is 30.2 Å². The molecule has 3 aliphatic rings. The molecule has 7 nitrogen and oxygen atoms in total. The molecule has 0 spiro atoms. The fourth-order valence-electron chi connectivity index (χ4n) is 4.58. The summed E-state index contributed by atoms with van der Waals surface area (Å²) in [5.74, 6) is 1.13. The van der Waals surface area contributed by atoms with Crippen LogP contribution in [-0.2, 0) is 17.6 Å². The number of hydrogen-bond acceptors (Lipinski definition) is 5. The van der Waals surface area contributed by atoms with Crippen molar-refractivity contribution in [2.75, 3.05) is 6.61 Å². The van der Waals surface area contributed by atoms with Crippen molar-refractivity contribution in [2.45, 2.75) is 63.1 Å². The zero-order chi connectivity index (χ0) is 19.8. The van der Waals surface area contributed by atoms with E-state index < -0.39 is 6.10 Å². The average molecular weight is 395 g/mol. The normalized spacial score (nSPS) is 25.3.